The Hall–Kier alpha value is -2.27. The Balaban J connectivity index is 2.14. The van der Waals surface area contributed by atoms with Gasteiger partial charge in [0.2, 0.25) is 0 Å². The number of methoxy groups -OCH3 is 1. The summed E-state index contributed by atoms with van der Waals surface area (Å²) in [5.74, 6) is 0.264. The van der Waals surface area contributed by atoms with Crippen LogP contribution < -0.4 is 15.2 Å². The maximum Gasteiger partial charge on any atom is 0.145 e. The fourth-order valence-corrected chi connectivity index (χ4v) is 1.91. The van der Waals surface area contributed by atoms with Crippen LogP contribution in [0.3, 0.4) is 0 Å². The van der Waals surface area contributed by atoms with E-state index in [9.17, 15) is 4.39 Å². The van der Waals surface area contributed by atoms with Crippen molar-refractivity contribution in [1.82, 2.24) is 0 Å². The highest BCUT2D eigenvalue weighted by atomic mass is 35.5. The van der Waals surface area contributed by atoms with Gasteiger partial charge in [-0.05, 0) is 29.8 Å². The predicted molar refractivity (Wildman–Crippen MR) is 79.8 cm³/mol. The van der Waals surface area contributed by atoms with Crippen LogP contribution in [0.4, 0.5) is 4.39 Å². The molecule has 4 nitrogen and oxygen atoms in total. The topological polar surface area (TPSA) is 68.3 Å². The second-order valence-corrected chi connectivity index (χ2v) is 4.72. The molecule has 21 heavy (non-hydrogen) atoms. The number of halogens is 2. The third kappa shape index (κ3) is 3.64. The lowest BCUT2D eigenvalue weighted by Crippen LogP contribution is -2.13. The molecule has 0 saturated carbocycles. The van der Waals surface area contributed by atoms with E-state index in [2.05, 4.69) is 0 Å². The molecule has 0 amide bonds. The van der Waals surface area contributed by atoms with Gasteiger partial charge in [0, 0.05) is 6.07 Å². The summed E-state index contributed by atoms with van der Waals surface area (Å²) < 4.78 is 23.9. The van der Waals surface area contributed by atoms with Crippen LogP contribution >= 0.6 is 11.6 Å². The molecule has 2 rings (SSSR count). The van der Waals surface area contributed by atoms with Gasteiger partial charge in [-0.25, -0.2) is 4.39 Å². The third-order valence-corrected chi connectivity index (χ3v) is 3.16. The molecule has 0 spiro atoms. The van der Waals surface area contributed by atoms with E-state index in [0.29, 0.717) is 17.1 Å². The standard InChI is InChI=1S/C15H14ClFN2O2/c1-20-14-5-2-9(6-11(14)15(18)19)8-21-10-3-4-12(16)13(17)7-10/h2-7H,8H2,1H3,(H3,18,19). The highest BCUT2D eigenvalue weighted by Crippen LogP contribution is 2.23. The minimum atomic E-state index is -0.534. The van der Waals surface area contributed by atoms with E-state index in [1.54, 1.807) is 24.3 Å². The van der Waals surface area contributed by atoms with Crippen molar-refractivity contribution in [3.63, 3.8) is 0 Å². The second-order valence-electron chi connectivity index (χ2n) is 4.31. The van der Waals surface area contributed by atoms with Gasteiger partial charge in [0.05, 0.1) is 17.7 Å². The summed E-state index contributed by atoms with van der Waals surface area (Å²) in [6.07, 6.45) is 0. The number of ether oxygens (including phenoxy) is 2. The normalized spacial score (nSPS) is 10.2. The summed E-state index contributed by atoms with van der Waals surface area (Å²) in [6.45, 7) is 0.214. The van der Waals surface area contributed by atoms with E-state index in [0.717, 1.165) is 5.56 Å². The molecule has 110 valence electrons. The molecule has 0 radical (unpaired) electrons. The monoisotopic (exact) mass is 308 g/mol. The molecule has 0 saturated heterocycles. The first-order chi connectivity index (χ1) is 10.0. The van der Waals surface area contributed by atoms with E-state index < -0.39 is 5.82 Å². The van der Waals surface area contributed by atoms with Crippen molar-refractivity contribution < 1.29 is 13.9 Å². The zero-order chi connectivity index (χ0) is 15.4. The molecule has 0 heterocycles. The molecule has 6 heteroatoms. The van der Waals surface area contributed by atoms with Gasteiger partial charge in [-0.1, -0.05) is 17.7 Å². The predicted octanol–water partition coefficient (Wildman–Crippen LogP) is 3.35. The summed E-state index contributed by atoms with van der Waals surface area (Å²) in [7, 11) is 1.51. The number of amidine groups is 1. The number of nitrogen functional groups attached to an aromatic ring is 1. The maximum absolute atomic E-state index is 13.3. The molecule has 0 aliphatic heterocycles. The number of hydrogen-bond acceptors (Lipinski definition) is 3. The van der Waals surface area contributed by atoms with Crippen molar-refractivity contribution >= 4 is 17.4 Å². The van der Waals surface area contributed by atoms with Crippen LogP contribution in [-0.4, -0.2) is 12.9 Å². The molecule has 3 N–H and O–H groups in total. The van der Waals surface area contributed by atoms with E-state index in [4.69, 9.17) is 32.2 Å². The van der Waals surface area contributed by atoms with Gasteiger partial charge in [0.1, 0.15) is 29.8 Å². The summed E-state index contributed by atoms with van der Waals surface area (Å²) in [5, 5.41) is 7.56. The van der Waals surface area contributed by atoms with Crippen LogP contribution in [-0.2, 0) is 6.61 Å². The number of benzene rings is 2. The van der Waals surface area contributed by atoms with Gasteiger partial charge >= 0.3 is 0 Å². The fourth-order valence-electron chi connectivity index (χ4n) is 1.79. The number of hydrogen-bond donors (Lipinski definition) is 2. The molecular formula is C15H14ClFN2O2. The SMILES string of the molecule is COc1ccc(COc2ccc(Cl)c(F)c2)cc1C(=N)N. The zero-order valence-electron chi connectivity index (χ0n) is 11.3. The molecule has 0 aliphatic carbocycles. The highest BCUT2D eigenvalue weighted by Gasteiger charge is 2.08. The molecule has 2 aromatic rings. The Labute approximate surface area is 126 Å². The molecule has 0 unspecified atom stereocenters. The van der Waals surface area contributed by atoms with E-state index in [-0.39, 0.29) is 17.5 Å². The van der Waals surface area contributed by atoms with Crippen LogP contribution in [0.25, 0.3) is 0 Å². The lowest BCUT2D eigenvalue weighted by Gasteiger charge is -2.11. The zero-order valence-corrected chi connectivity index (χ0v) is 12.1. The van der Waals surface area contributed by atoms with Gasteiger partial charge < -0.3 is 15.2 Å². The summed E-state index contributed by atoms with van der Waals surface area (Å²) in [5.41, 5.74) is 6.78. The van der Waals surface area contributed by atoms with Gasteiger partial charge in [-0.3, -0.25) is 5.41 Å². The first-order valence-corrected chi connectivity index (χ1v) is 6.48. The lowest BCUT2D eigenvalue weighted by atomic mass is 10.1. The van der Waals surface area contributed by atoms with E-state index in [1.807, 2.05) is 0 Å². The summed E-state index contributed by atoms with van der Waals surface area (Å²) in [4.78, 5) is 0. The van der Waals surface area contributed by atoms with Crippen molar-refractivity contribution in [2.45, 2.75) is 6.61 Å². The molecule has 0 fully saturated rings. The lowest BCUT2D eigenvalue weighted by molar-refractivity contribution is 0.304. The Morgan fingerprint density at radius 2 is 2.05 bits per heavy atom. The Morgan fingerprint density at radius 3 is 2.67 bits per heavy atom. The van der Waals surface area contributed by atoms with Crippen LogP contribution in [0.1, 0.15) is 11.1 Å². The van der Waals surface area contributed by atoms with Crippen molar-refractivity contribution in [3.05, 3.63) is 58.4 Å². The average molecular weight is 309 g/mol. The Bertz CT molecular complexity index is 677. The van der Waals surface area contributed by atoms with E-state index in [1.165, 1.54) is 19.2 Å². The van der Waals surface area contributed by atoms with Crippen LogP contribution in [0.2, 0.25) is 5.02 Å². The molecule has 0 atom stereocenters. The van der Waals surface area contributed by atoms with Crippen LogP contribution in [0.15, 0.2) is 36.4 Å². The first kappa shape index (κ1) is 15.1. The largest absolute Gasteiger partial charge is 0.496 e. The number of nitrogens with one attached hydrogen (secondary N) is 1. The minimum absolute atomic E-state index is 0.0469. The molecule has 2 aromatic carbocycles. The van der Waals surface area contributed by atoms with Gasteiger partial charge in [-0.15, -0.1) is 0 Å². The minimum Gasteiger partial charge on any atom is -0.496 e. The van der Waals surface area contributed by atoms with Gasteiger partial charge in [-0.2, -0.15) is 0 Å². The second kappa shape index (κ2) is 6.45. The smallest absolute Gasteiger partial charge is 0.145 e. The fraction of sp³-hybridized carbons (Fsp3) is 0.133. The molecule has 0 aromatic heterocycles. The molecular weight excluding hydrogens is 295 g/mol. The van der Waals surface area contributed by atoms with Gasteiger partial charge in [0.25, 0.3) is 0 Å². The first-order valence-electron chi connectivity index (χ1n) is 6.10. The van der Waals surface area contributed by atoms with E-state index >= 15 is 0 Å². The maximum atomic E-state index is 13.3. The van der Waals surface area contributed by atoms with Crippen molar-refractivity contribution in [1.29, 1.82) is 5.41 Å². The Kier molecular flexibility index (Phi) is 4.65. The average Bonchev–Trinajstić information content (AvgIpc) is 2.48. The molecule has 0 aliphatic rings. The highest BCUT2D eigenvalue weighted by molar-refractivity contribution is 6.30. The van der Waals surface area contributed by atoms with Crippen molar-refractivity contribution in [3.8, 4) is 11.5 Å². The van der Waals surface area contributed by atoms with Crippen molar-refractivity contribution in [2.75, 3.05) is 7.11 Å². The Morgan fingerprint density at radius 1 is 1.29 bits per heavy atom. The van der Waals surface area contributed by atoms with Crippen LogP contribution in [0, 0.1) is 11.2 Å². The number of rotatable bonds is 5. The third-order valence-electron chi connectivity index (χ3n) is 2.85. The number of nitrogens with two attached hydrogens (primary N) is 1. The summed E-state index contributed by atoms with van der Waals surface area (Å²) >= 11 is 5.60. The van der Waals surface area contributed by atoms with Gasteiger partial charge in [0.15, 0.2) is 0 Å². The quantitative estimate of drug-likeness (QED) is 0.657. The van der Waals surface area contributed by atoms with Crippen molar-refractivity contribution in [2.24, 2.45) is 5.73 Å². The van der Waals surface area contributed by atoms with Crippen LogP contribution in [0.5, 0.6) is 11.5 Å². The summed E-state index contributed by atoms with van der Waals surface area (Å²) in [6, 6.07) is 9.43. The molecule has 0 bridgehead atoms.